The van der Waals surface area contributed by atoms with Gasteiger partial charge >= 0.3 is 0 Å². The molecular formula is C22H25N3O6. The van der Waals surface area contributed by atoms with Crippen molar-refractivity contribution in [2.24, 2.45) is 5.16 Å². The Bertz CT molecular complexity index is 926. The van der Waals surface area contributed by atoms with Crippen LogP contribution in [0, 0.1) is 10.1 Å². The van der Waals surface area contributed by atoms with Gasteiger partial charge in [-0.05, 0) is 31.4 Å². The van der Waals surface area contributed by atoms with Crippen LogP contribution in [-0.4, -0.2) is 43.1 Å². The van der Waals surface area contributed by atoms with E-state index in [1.165, 1.54) is 13.1 Å². The van der Waals surface area contributed by atoms with Crippen molar-refractivity contribution in [1.82, 2.24) is 5.32 Å². The number of ether oxygens (including phenoxy) is 2. The molecule has 9 nitrogen and oxygen atoms in total. The second kappa shape index (κ2) is 11.2. The van der Waals surface area contributed by atoms with Crippen LogP contribution in [0.1, 0.15) is 36.0 Å². The molecule has 1 atom stereocenters. The highest BCUT2D eigenvalue weighted by atomic mass is 16.7. The average molecular weight is 427 g/mol. The fourth-order valence-electron chi connectivity index (χ4n) is 3.15. The first-order valence-electron chi connectivity index (χ1n) is 10.1. The Morgan fingerprint density at radius 2 is 2.03 bits per heavy atom. The molecule has 1 unspecified atom stereocenters. The number of rotatable bonds is 9. The Kier molecular flexibility index (Phi) is 8.08. The zero-order chi connectivity index (χ0) is 22.1. The standard InChI is InChI=1S/C22H25N3O6/c1-23-20(26)15-31-24-22(16-7-3-2-4-8-16)17-10-11-19(25(27)28)18(13-17)14-30-21-9-5-6-12-29-21/h2-4,7-8,10-11,13,21H,5-6,9,12,14-15H2,1H3,(H,23,26). The Balaban J connectivity index is 1.89. The summed E-state index contributed by atoms with van der Waals surface area (Å²) in [5.41, 5.74) is 2.17. The van der Waals surface area contributed by atoms with Crippen LogP contribution in [0.3, 0.4) is 0 Å². The van der Waals surface area contributed by atoms with Gasteiger partial charge in [0.15, 0.2) is 12.9 Å². The second-order valence-electron chi connectivity index (χ2n) is 6.96. The highest BCUT2D eigenvalue weighted by molar-refractivity contribution is 6.12. The highest BCUT2D eigenvalue weighted by Crippen LogP contribution is 2.25. The molecule has 9 heteroatoms. The third kappa shape index (κ3) is 6.34. The first-order valence-corrected chi connectivity index (χ1v) is 10.1. The Labute approximate surface area is 180 Å². The van der Waals surface area contributed by atoms with E-state index in [0.29, 0.717) is 23.4 Å². The van der Waals surface area contributed by atoms with E-state index in [2.05, 4.69) is 10.5 Å². The monoisotopic (exact) mass is 427 g/mol. The number of carbonyl (C=O) groups excluding carboxylic acids is 1. The molecule has 164 valence electrons. The van der Waals surface area contributed by atoms with Crippen molar-refractivity contribution in [3.8, 4) is 0 Å². The van der Waals surface area contributed by atoms with Crippen LogP contribution in [-0.2, 0) is 25.7 Å². The molecule has 1 aliphatic rings. The topological polar surface area (TPSA) is 112 Å². The summed E-state index contributed by atoms with van der Waals surface area (Å²) in [6, 6.07) is 13.9. The maximum Gasteiger partial charge on any atom is 0.274 e. The lowest BCUT2D eigenvalue weighted by Crippen LogP contribution is -2.22. The fourth-order valence-corrected chi connectivity index (χ4v) is 3.15. The molecule has 31 heavy (non-hydrogen) atoms. The number of hydrogen-bond acceptors (Lipinski definition) is 7. The van der Waals surface area contributed by atoms with Crippen LogP contribution >= 0.6 is 0 Å². The molecule has 1 aliphatic heterocycles. The van der Waals surface area contributed by atoms with Crippen molar-refractivity contribution in [3.63, 3.8) is 0 Å². The van der Waals surface area contributed by atoms with Crippen molar-refractivity contribution < 1.29 is 24.0 Å². The molecule has 0 saturated carbocycles. The molecule has 1 amide bonds. The molecule has 0 radical (unpaired) electrons. The average Bonchev–Trinajstić information content (AvgIpc) is 2.81. The lowest BCUT2D eigenvalue weighted by molar-refractivity contribution is -0.386. The van der Waals surface area contributed by atoms with E-state index >= 15 is 0 Å². The van der Waals surface area contributed by atoms with E-state index in [9.17, 15) is 14.9 Å². The molecule has 0 spiro atoms. The highest BCUT2D eigenvalue weighted by Gasteiger charge is 2.20. The van der Waals surface area contributed by atoms with Gasteiger partial charge < -0.3 is 19.6 Å². The summed E-state index contributed by atoms with van der Waals surface area (Å²) < 4.78 is 11.3. The van der Waals surface area contributed by atoms with Gasteiger partial charge in [0.05, 0.1) is 17.1 Å². The number of nitrogens with zero attached hydrogens (tertiary/aromatic N) is 2. The van der Waals surface area contributed by atoms with Crippen LogP contribution < -0.4 is 5.32 Å². The van der Waals surface area contributed by atoms with Crippen molar-refractivity contribution in [3.05, 3.63) is 75.3 Å². The van der Waals surface area contributed by atoms with Crippen LogP contribution in [0.2, 0.25) is 0 Å². The van der Waals surface area contributed by atoms with Gasteiger partial charge in [0, 0.05) is 30.8 Å². The molecule has 0 bridgehead atoms. The number of hydrogen-bond donors (Lipinski definition) is 1. The molecule has 3 rings (SSSR count). The summed E-state index contributed by atoms with van der Waals surface area (Å²) in [5, 5.41) is 18.1. The van der Waals surface area contributed by atoms with Crippen LogP contribution in [0.25, 0.3) is 0 Å². The van der Waals surface area contributed by atoms with Gasteiger partial charge in [0.2, 0.25) is 0 Å². The quantitative estimate of drug-likeness (QED) is 0.374. The van der Waals surface area contributed by atoms with Crippen molar-refractivity contribution in [2.45, 2.75) is 32.2 Å². The smallest absolute Gasteiger partial charge is 0.274 e. The Morgan fingerprint density at radius 1 is 1.23 bits per heavy atom. The number of carbonyl (C=O) groups is 1. The predicted octanol–water partition coefficient (Wildman–Crippen LogP) is 3.15. The van der Waals surface area contributed by atoms with E-state index in [1.54, 1.807) is 12.1 Å². The van der Waals surface area contributed by atoms with Gasteiger partial charge in [-0.25, -0.2) is 0 Å². The summed E-state index contributed by atoms with van der Waals surface area (Å²) in [7, 11) is 1.51. The lowest BCUT2D eigenvalue weighted by Gasteiger charge is -2.22. The SMILES string of the molecule is CNC(=O)CON=C(c1ccccc1)c1ccc([N+](=O)[O-])c(COC2CCCCO2)c1. The van der Waals surface area contributed by atoms with E-state index in [1.807, 2.05) is 30.3 Å². The number of amides is 1. The number of benzene rings is 2. The number of nitrogens with one attached hydrogen (secondary N) is 1. The second-order valence-corrected chi connectivity index (χ2v) is 6.96. The lowest BCUT2D eigenvalue weighted by atomic mass is 10.00. The summed E-state index contributed by atoms with van der Waals surface area (Å²) >= 11 is 0. The van der Waals surface area contributed by atoms with E-state index in [-0.39, 0.29) is 31.1 Å². The molecular weight excluding hydrogens is 402 g/mol. The van der Waals surface area contributed by atoms with Gasteiger partial charge in [0.25, 0.3) is 11.6 Å². The van der Waals surface area contributed by atoms with Crippen LogP contribution in [0.5, 0.6) is 0 Å². The van der Waals surface area contributed by atoms with Gasteiger partial charge in [0.1, 0.15) is 5.71 Å². The minimum Gasteiger partial charge on any atom is -0.385 e. The summed E-state index contributed by atoms with van der Waals surface area (Å²) in [4.78, 5) is 27.8. The first-order chi connectivity index (χ1) is 15.1. The fraction of sp³-hybridized carbons (Fsp3) is 0.364. The maximum absolute atomic E-state index is 11.5. The minimum atomic E-state index is -0.439. The zero-order valence-electron chi connectivity index (χ0n) is 17.3. The van der Waals surface area contributed by atoms with Crippen LogP contribution in [0.15, 0.2) is 53.7 Å². The van der Waals surface area contributed by atoms with Gasteiger partial charge in [-0.1, -0.05) is 35.5 Å². The first kappa shape index (κ1) is 22.4. The number of likely N-dealkylation sites (N-methyl/N-ethyl adjacent to an activating group) is 1. The zero-order valence-corrected chi connectivity index (χ0v) is 17.3. The van der Waals surface area contributed by atoms with E-state index in [0.717, 1.165) is 24.8 Å². The predicted molar refractivity (Wildman–Crippen MR) is 114 cm³/mol. The largest absolute Gasteiger partial charge is 0.385 e. The van der Waals surface area contributed by atoms with E-state index < -0.39 is 4.92 Å². The van der Waals surface area contributed by atoms with Crippen molar-refractivity contribution >= 4 is 17.3 Å². The molecule has 2 aromatic rings. The molecule has 0 aliphatic carbocycles. The molecule has 1 N–H and O–H groups in total. The summed E-state index contributed by atoms with van der Waals surface area (Å²) in [6.45, 7) is 0.422. The van der Waals surface area contributed by atoms with Gasteiger partial charge in [-0.3, -0.25) is 14.9 Å². The minimum absolute atomic E-state index is 0.0377. The molecule has 1 saturated heterocycles. The third-order valence-electron chi connectivity index (χ3n) is 4.79. The van der Waals surface area contributed by atoms with Gasteiger partial charge in [-0.2, -0.15) is 0 Å². The van der Waals surface area contributed by atoms with Gasteiger partial charge in [-0.15, -0.1) is 0 Å². The third-order valence-corrected chi connectivity index (χ3v) is 4.79. The molecule has 1 heterocycles. The van der Waals surface area contributed by atoms with E-state index in [4.69, 9.17) is 14.3 Å². The maximum atomic E-state index is 11.5. The number of oxime groups is 1. The molecule has 1 fully saturated rings. The molecule has 0 aromatic heterocycles. The Hall–Kier alpha value is -3.30. The number of nitro groups is 1. The van der Waals surface area contributed by atoms with Crippen LogP contribution in [0.4, 0.5) is 5.69 Å². The normalized spacial score (nSPS) is 16.5. The van der Waals surface area contributed by atoms with Crippen molar-refractivity contribution in [2.75, 3.05) is 20.3 Å². The summed E-state index contributed by atoms with van der Waals surface area (Å²) in [6.07, 6.45) is 2.38. The number of nitro benzene ring substituents is 1. The molecule has 2 aromatic carbocycles. The van der Waals surface area contributed by atoms with Crippen molar-refractivity contribution in [1.29, 1.82) is 0 Å². The summed E-state index contributed by atoms with van der Waals surface area (Å²) in [5.74, 6) is -0.318. The Morgan fingerprint density at radius 3 is 2.71 bits per heavy atom.